The first kappa shape index (κ1) is 31.2. The molecule has 0 saturated carbocycles. The third kappa shape index (κ3) is 6.63. The lowest BCUT2D eigenvalue weighted by Crippen LogP contribution is -2.50. The van der Waals surface area contributed by atoms with Crippen LogP contribution in [-0.2, 0) is 0 Å². The number of pyridine rings is 1. The number of hydrogen-bond donors (Lipinski definition) is 4. The second-order valence-corrected chi connectivity index (χ2v) is 11.6. The molecule has 9 nitrogen and oxygen atoms in total. The molecule has 13 heteroatoms. The van der Waals surface area contributed by atoms with Gasteiger partial charge in [0.25, 0.3) is 0 Å². The number of nitrogens with one attached hydrogen (secondary N) is 3. The van der Waals surface area contributed by atoms with E-state index >= 15 is 0 Å². The van der Waals surface area contributed by atoms with E-state index in [-0.39, 0.29) is 41.1 Å². The van der Waals surface area contributed by atoms with E-state index in [1.54, 1.807) is 56.7 Å². The van der Waals surface area contributed by atoms with Crippen LogP contribution in [0.1, 0.15) is 49.6 Å². The summed E-state index contributed by atoms with van der Waals surface area (Å²) < 4.78 is 50.3. The largest absolute Gasteiger partial charge is 0.484 e. The van der Waals surface area contributed by atoms with Gasteiger partial charge in [-0.25, -0.2) is 9.37 Å². The lowest BCUT2D eigenvalue weighted by molar-refractivity contribution is 0.0675. The van der Waals surface area contributed by atoms with Gasteiger partial charge in [0.2, 0.25) is 0 Å². The van der Waals surface area contributed by atoms with E-state index in [0.29, 0.717) is 34.1 Å². The van der Waals surface area contributed by atoms with E-state index in [4.69, 9.17) is 15.9 Å². The maximum Gasteiger partial charge on any atom is 0.302 e. The Kier molecular flexibility index (Phi) is 9.35. The molecule has 1 saturated heterocycles. The predicted molar refractivity (Wildman–Crippen MR) is 170 cm³/mol. The highest BCUT2D eigenvalue weighted by Crippen LogP contribution is 2.38. The van der Waals surface area contributed by atoms with Crippen LogP contribution in [0.2, 0.25) is 0 Å². The number of ether oxygens (including phenoxy) is 1. The van der Waals surface area contributed by atoms with Crippen LogP contribution < -0.4 is 20.5 Å². The Morgan fingerprint density at radius 2 is 1.84 bits per heavy atom. The molecule has 0 amide bonds. The molecule has 1 aliphatic heterocycles. The molecule has 4 aromatic rings. The fraction of sp³-hybridized carbons (Fsp3) is 0.323. The first-order chi connectivity index (χ1) is 21.0. The molecule has 44 heavy (non-hydrogen) atoms. The molecule has 0 spiro atoms. The number of alkyl halides is 2. The number of aromatic nitrogens is 3. The van der Waals surface area contributed by atoms with Gasteiger partial charge in [-0.15, -0.1) is 0 Å². The van der Waals surface area contributed by atoms with Crippen LogP contribution in [0.4, 0.5) is 30.4 Å². The minimum absolute atomic E-state index is 0.0625. The molecule has 1 fully saturated rings. The van der Waals surface area contributed by atoms with E-state index in [0.717, 1.165) is 24.2 Å². The Balaban J connectivity index is 1.46. The monoisotopic (exact) mass is 624 g/mol. The van der Waals surface area contributed by atoms with Crippen LogP contribution in [0.3, 0.4) is 0 Å². The van der Waals surface area contributed by atoms with Crippen LogP contribution in [0.5, 0.6) is 5.75 Å². The van der Waals surface area contributed by atoms with Crippen LogP contribution in [0, 0.1) is 11.2 Å². The minimum atomic E-state index is -2.66. The summed E-state index contributed by atoms with van der Waals surface area (Å²) in [6.45, 7) is 7.98. The third-order valence-corrected chi connectivity index (χ3v) is 8.20. The molecule has 232 valence electrons. The SMILES string of the molecule is CNc1c(-c2cnn(C3CN(C(C)C)C3)c2)cnc(N)c1C(=N)c1ccc(NSC(F)F)c(OC(C)c2ccc(F)cc2)c1. The van der Waals surface area contributed by atoms with Crippen molar-refractivity contribution in [3.63, 3.8) is 0 Å². The highest BCUT2D eigenvalue weighted by atomic mass is 32.2. The number of likely N-dealkylation sites (tertiary alicyclic amines) is 1. The topological polar surface area (TPSA) is 117 Å². The molecule has 2 aromatic carbocycles. The summed E-state index contributed by atoms with van der Waals surface area (Å²) in [6.07, 6.45) is 4.88. The third-order valence-electron chi connectivity index (χ3n) is 7.69. The summed E-state index contributed by atoms with van der Waals surface area (Å²) in [5.41, 5.74) is 10.4. The number of benzene rings is 2. The maximum atomic E-state index is 13.5. The molecule has 1 atom stereocenters. The number of nitrogens with zero attached hydrogens (tertiary/aromatic N) is 4. The zero-order valence-electron chi connectivity index (χ0n) is 24.8. The first-order valence-electron chi connectivity index (χ1n) is 14.2. The van der Waals surface area contributed by atoms with Crippen molar-refractivity contribution in [1.29, 1.82) is 5.41 Å². The second-order valence-electron chi connectivity index (χ2n) is 10.8. The molecule has 0 radical (unpaired) electrons. The zero-order chi connectivity index (χ0) is 31.5. The van der Waals surface area contributed by atoms with Crippen LogP contribution in [-0.4, -0.2) is 57.3 Å². The molecular weight excluding hydrogens is 589 g/mol. The summed E-state index contributed by atoms with van der Waals surface area (Å²) in [4.78, 5) is 6.78. The van der Waals surface area contributed by atoms with Gasteiger partial charge in [-0.05, 0) is 50.6 Å². The normalized spacial score (nSPS) is 14.5. The Labute approximate surface area is 258 Å². The van der Waals surface area contributed by atoms with Gasteiger partial charge in [0.1, 0.15) is 23.5 Å². The summed E-state index contributed by atoms with van der Waals surface area (Å²) in [6, 6.07) is 11.4. The zero-order valence-corrected chi connectivity index (χ0v) is 25.6. The molecule has 1 aliphatic rings. The molecule has 0 bridgehead atoms. The van der Waals surface area contributed by atoms with Crippen LogP contribution >= 0.6 is 11.9 Å². The van der Waals surface area contributed by atoms with Gasteiger partial charge in [0.05, 0.1) is 34.9 Å². The average molecular weight is 625 g/mol. The number of nitrogens with two attached hydrogens (primary N) is 1. The van der Waals surface area contributed by atoms with Gasteiger partial charge in [0.15, 0.2) is 0 Å². The van der Waals surface area contributed by atoms with Gasteiger partial charge >= 0.3 is 5.76 Å². The van der Waals surface area contributed by atoms with Crippen molar-refractivity contribution in [1.82, 2.24) is 19.7 Å². The Morgan fingerprint density at radius 3 is 2.50 bits per heavy atom. The lowest BCUT2D eigenvalue weighted by atomic mass is 9.97. The van der Waals surface area contributed by atoms with E-state index in [9.17, 15) is 13.2 Å². The van der Waals surface area contributed by atoms with Crippen molar-refractivity contribution >= 4 is 34.9 Å². The number of rotatable bonds is 12. The molecule has 3 heterocycles. The first-order valence-corrected chi connectivity index (χ1v) is 15.0. The van der Waals surface area contributed by atoms with E-state index in [1.165, 1.54) is 12.1 Å². The highest BCUT2D eigenvalue weighted by Gasteiger charge is 2.31. The number of anilines is 3. The van der Waals surface area contributed by atoms with Gasteiger partial charge in [0, 0.05) is 67.2 Å². The average Bonchev–Trinajstić information content (AvgIpc) is 3.44. The van der Waals surface area contributed by atoms with Crippen molar-refractivity contribution in [3.05, 3.63) is 83.6 Å². The van der Waals surface area contributed by atoms with Crippen molar-refractivity contribution in [2.24, 2.45) is 0 Å². The fourth-order valence-electron chi connectivity index (χ4n) is 5.12. The van der Waals surface area contributed by atoms with E-state index < -0.39 is 11.9 Å². The Morgan fingerprint density at radius 1 is 1.11 bits per heavy atom. The smallest absolute Gasteiger partial charge is 0.302 e. The molecule has 5 rings (SSSR count). The van der Waals surface area contributed by atoms with Gasteiger partial charge in [-0.3, -0.25) is 15.0 Å². The Hall–Kier alpha value is -4.23. The number of halogens is 3. The Bertz CT molecular complexity index is 1620. The van der Waals surface area contributed by atoms with Gasteiger partial charge < -0.3 is 20.5 Å². The summed E-state index contributed by atoms with van der Waals surface area (Å²) >= 11 is 0.236. The molecule has 0 aliphatic carbocycles. The van der Waals surface area contributed by atoms with Crippen molar-refractivity contribution in [3.8, 4) is 16.9 Å². The lowest BCUT2D eigenvalue weighted by Gasteiger charge is -2.41. The van der Waals surface area contributed by atoms with Crippen molar-refractivity contribution < 1.29 is 17.9 Å². The number of hydrogen-bond acceptors (Lipinski definition) is 9. The molecular formula is C31H35F3N8OS. The van der Waals surface area contributed by atoms with Gasteiger partial charge in [-0.1, -0.05) is 18.2 Å². The van der Waals surface area contributed by atoms with E-state index in [2.05, 4.69) is 38.9 Å². The summed E-state index contributed by atoms with van der Waals surface area (Å²) in [5, 5.41) is 17.0. The summed E-state index contributed by atoms with van der Waals surface area (Å²) in [5.74, 6) is -2.65. The van der Waals surface area contributed by atoms with Crippen molar-refractivity contribution in [2.45, 2.75) is 44.7 Å². The van der Waals surface area contributed by atoms with Crippen LogP contribution in [0.15, 0.2) is 61.1 Å². The number of nitrogen functional groups attached to an aromatic ring is 1. The summed E-state index contributed by atoms with van der Waals surface area (Å²) in [7, 11) is 1.75. The standard InChI is InChI=1S/C31H35F3N8OS/c1-17(2)41-15-23(16-41)42-14-21(12-39-42)24-13-38-30(36)27(29(24)37-4)28(35)20-7-10-25(40-44-31(33)34)26(11-20)43-18(3)19-5-8-22(32)9-6-19/h5-14,17-18,23,31,35,40H,15-16H2,1-4H3,(H3,36,37,38). The quantitative estimate of drug-likeness (QED) is 0.100. The second kappa shape index (κ2) is 13.2. The van der Waals surface area contributed by atoms with E-state index in [1.807, 2.05) is 10.9 Å². The molecule has 5 N–H and O–H groups in total. The maximum absolute atomic E-state index is 13.5. The fourth-order valence-corrected chi connectivity index (χ4v) is 5.50. The molecule has 1 unspecified atom stereocenters. The highest BCUT2D eigenvalue weighted by molar-refractivity contribution is 8.00. The van der Waals surface area contributed by atoms with Gasteiger partial charge in [-0.2, -0.15) is 13.9 Å². The molecule has 2 aromatic heterocycles. The van der Waals surface area contributed by atoms with Crippen LogP contribution in [0.25, 0.3) is 11.1 Å². The predicted octanol–water partition coefficient (Wildman–Crippen LogP) is 6.81. The van der Waals surface area contributed by atoms with Crippen molar-refractivity contribution in [2.75, 3.05) is 35.9 Å². The minimum Gasteiger partial charge on any atom is -0.484 e.